The molecule has 0 bridgehead atoms. The zero-order valence-corrected chi connectivity index (χ0v) is 15.8. The lowest BCUT2D eigenvalue weighted by Gasteiger charge is -2.39. The van der Waals surface area contributed by atoms with Gasteiger partial charge in [0.1, 0.15) is 5.54 Å². The molecule has 0 aliphatic carbocycles. The molecule has 0 radical (unpaired) electrons. The largest absolute Gasteiger partial charge is 0.355 e. The average molecular weight is 373 g/mol. The number of nitrogens with zero attached hydrogens (tertiary/aromatic N) is 2. The maximum absolute atomic E-state index is 12.0. The highest BCUT2D eigenvalue weighted by atomic mass is 32.2. The van der Waals surface area contributed by atoms with Gasteiger partial charge in [-0.25, -0.2) is 13.2 Å². The van der Waals surface area contributed by atoms with Gasteiger partial charge in [0, 0.05) is 32.4 Å². The predicted molar refractivity (Wildman–Crippen MR) is 95.1 cm³/mol. The van der Waals surface area contributed by atoms with Crippen LogP contribution in [-0.2, 0) is 14.6 Å². The molecule has 3 N–H and O–H groups in total. The molecule has 1 unspecified atom stereocenters. The number of rotatable bonds is 5. The van der Waals surface area contributed by atoms with Crippen LogP contribution in [0.3, 0.4) is 0 Å². The van der Waals surface area contributed by atoms with Crippen molar-refractivity contribution in [2.24, 2.45) is 10.9 Å². The van der Waals surface area contributed by atoms with Gasteiger partial charge in [0.15, 0.2) is 15.8 Å². The molecule has 0 aromatic carbocycles. The molecule has 2 aliphatic rings. The number of aliphatic imine (C=N–C) groups is 1. The Morgan fingerprint density at radius 3 is 2.48 bits per heavy atom. The number of hydrogen-bond acceptors (Lipinski definition) is 5. The third kappa shape index (κ3) is 4.42. The number of nitrogens with one attached hydrogen (secondary N) is 3. The Bertz CT molecular complexity index is 655. The molecule has 3 amide bonds. The standard InChI is InChI=1S/C15H27N5O4S/c1-4-25(23,24)10-7-17-13(16-3)20-8-5-11(6-9-20)15(2)12(21)18-14(22)19-15/h11H,4-10H2,1-3H3,(H,16,17)(H2,18,19,21,22). The number of carbonyl (C=O) groups is 2. The fourth-order valence-corrected chi connectivity index (χ4v) is 4.01. The number of piperidine rings is 1. The van der Waals surface area contributed by atoms with Crippen LogP contribution >= 0.6 is 0 Å². The second kappa shape index (κ2) is 7.59. The molecule has 9 nitrogen and oxygen atoms in total. The van der Waals surface area contributed by atoms with Gasteiger partial charge in [0.2, 0.25) is 0 Å². The fourth-order valence-electron chi connectivity index (χ4n) is 3.31. The first-order valence-electron chi connectivity index (χ1n) is 8.51. The van der Waals surface area contributed by atoms with E-state index in [2.05, 4.69) is 20.9 Å². The molecular formula is C15H27N5O4S. The van der Waals surface area contributed by atoms with E-state index in [0.29, 0.717) is 25.6 Å². The van der Waals surface area contributed by atoms with Crippen LogP contribution in [0.4, 0.5) is 4.79 Å². The molecule has 2 heterocycles. The highest BCUT2D eigenvalue weighted by molar-refractivity contribution is 7.91. The summed E-state index contributed by atoms with van der Waals surface area (Å²) in [7, 11) is -1.35. The van der Waals surface area contributed by atoms with Crippen molar-refractivity contribution in [1.29, 1.82) is 0 Å². The van der Waals surface area contributed by atoms with E-state index in [1.807, 2.05) is 4.90 Å². The number of guanidine groups is 1. The van der Waals surface area contributed by atoms with Gasteiger partial charge in [-0.1, -0.05) is 6.92 Å². The van der Waals surface area contributed by atoms with Crippen LogP contribution in [-0.4, -0.2) is 74.9 Å². The van der Waals surface area contributed by atoms with Crippen LogP contribution in [0.25, 0.3) is 0 Å². The molecule has 2 rings (SSSR count). The maximum atomic E-state index is 12.0. The third-order valence-corrected chi connectivity index (χ3v) is 6.74. The van der Waals surface area contributed by atoms with Gasteiger partial charge in [0.05, 0.1) is 5.75 Å². The number of carbonyl (C=O) groups excluding carboxylic acids is 2. The van der Waals surface area contributed by atoms with Crippen molar-refractivity contribution in [3.05, 3.63) is 0 Å². The van der Waals surface area contributed by atoms with E-state index in [-0.39, 0.29) is 23.3 Å². The lowest BCUT2D eigenvalue weighted by molar-refractivity contribution is -0.125. The van der Waals surface area contributed by atoms with Gasteiger partial charge in [0.25, 0.3) is 5.91 Å². The summed E-state index contributed by atoms with van der Waals surface area (Å²) >= 11 is 0. The summed E-state index contributed by atoms with van der Waals surface area (Å²) in [5, 5.41) is 8.12. The van der Waals surface area contributed by atoms with Gasteiger partial charge in [-0.15, -0.1) is 0 Å². The normalized spacial score (nSPS) is 25.7. The van der Waals surface area contributed by atoms with Crippen molar-refractivity contribution in [3.63, 3.8) is 0 Å². The van der Waals surface area contributed by atoms with E-state index in [1.165, 1.54) is 0 Å². The van der Waals surface area contributed by atoms with Gasteiger partial charge in [-0.05, 0) is 25.7 Å². The quantitative estimate of drug-likeness (QED) is 0.333. The minimum absolute atomic E-state index is 0.0498. The van der Waals surface area contributed by atoms with Crippen molar-refractivity contribution in [3.8, 4) is 0 Å². The number of urea groups is 1. The topological polar surface area (TPSA) is 120 Å². The molecule has 25 heavy (non-hydrogen) atoms. The van der Waals surface area contributed by atoms with Crippen LogP contribution in [0, 0.1) is 5.92 Å². The van der Waals surface area contributed by atoms with Crippen LogP contribution in [0.15, 0.2) is 4.99 Å². The fraction of sp³-hybridized carbons (Fsp3) is 0.800. The average Bonchev–Trinajstić information content (AvgIpc) is 2.85. The number of sulfone groups is 1. The Balaban J connectivity index is 1.88. The molecule has 0 aromatic rings. The Kier molecular flexibility index (Phi) is 5.91. The molecule has 0 saturated carbocycles. The predicted octanol–water partition coefficient (Wildman–Crippen LogP) is -0.693. The van der Waals surface area contributed by atoms with Crippen molar-refractivity contribution < 1.29 is 18.0 Å². The smallest absolute Gasteiger partial charge is 0.322 e. The monoisotopic (exact) mass is 373 g/mol. The Hall–Kier alpha value is -1.84. The lowest BCUT2D eigenvalue weighted by atomic mass is 9.79. The second-order valence-electron chi connectivity index (χ2n) is 6.58. The Labute approximate surface area is 148 Å². The van der Waals surface area contributed by atoms with Crippen molar-refractivity contribution in [1.82, 2.24) is 20.9 Å². The summed E-state index contributed by atoms with van der Waals surface area (Å²) < 4.78 is 23.1. The van der Waals surface area contributed by atoms with Crippen molar-refractivity contribution in [2.75, 3.05) is 38.2 Å². The van der Waals surface area contributed by atoms with Crippen LogP contribution < -0.4 is 16.0 Å². The Morgan fingerprint density at radius 2 is 2.00 bits per heavy atom. The van der Waals surface area contributed by atoms with Gasteiger partial charge in [-0.2, -0.15) is 0 Å². The number of likely N-dealkylation sites (tertiary alicyclic amines) is 1. The minimum Gasteiger partial charge on any atom is -0.355 e. The number of hydrogen-bond donors (Lipinski definition) is 3. The summed E-state index contributed by atoms with van der Waals surface area (Å²) in [6.45, 7) is 5.08. The van der Waals surface area contributed by atoms with Crippen LogP contribution in [0.5, 0.6) is 0 Å². The highest BCUT2D eigenvalue weighted by Crippen LogP contribution is 2.30. The van der Waals surface area contributed by atoms with Gasteiger partial charge < -0.3 is 15.5 Å². The zero-order chi connectivity index (χ0) is 18.7. The molecule has 2 saturated heterocycles. The minimum atomic E-state index is -3.01. The molecule has 142 valence electrons. The Morgan fingerprint density at radius 1 is 1.36 bits per heavy atom. The van der Waals surface area contributed by atoms with Crippen molar-refractivity contribution in [2.45, 2.75) is 32.2 Å². The summed E-state index contributed by atoms with van der Waals surface area (Å²) in [6, 6.07) is -0.440. The molecule has 0 spiro atoms. The molecule has 0 aromatic heterocycles. The summed E-state index contributed by atoms with van der Waals surface area (Å²) in [6.07, 6.45) is 1.47. The first-order chi connectivity index (χ1) is 11.7. The van der Waals surface area contributed by atoms with Gasteiger partial charge in [-0.3, -0.25) is 15.1 Å². The summed E-state index contributed by atoms with van der Waals surface area (Å²) in [4.78, 5) is 29.7. The maximum Gasteiger partial charge on any atom is 0.322 e. The van der Waals surface area contributed by atoms with Crippen molar-refractivity contribution >= 4 is 27.7 Å². The zero-order valence-electron chi connectivity index (χ0n) is 15.0. The molecule has 1 atom stereocenters. The van der Waals surface area contributed by atoms with E-state index in [0.717, 1.165) is 12.8 Å². The van der Waals surface area contributed by atoms with E-state index >= 15 is 0 Å². The second-order valence-corrected chi connectivity index (χ2v) is 9.06. The van der Waals surface area contributed by atoms with E-state index in [9.17, 15) is 18.0 Å². The van der Waals surface area contributed by atoms with Gasteiger partial charge >= 0.3 is 6.03 Å². The van der Waals surface area contributed by atoms with Crippen LogP contribution in [0.1, 0.15) is 26.7 Å². The SMILES string of the molecule is CCS(=O)(=O)CCNC(=NC)N1CCC(C2(C)NC(=O)NC2=O)CC1. The summed E-state index contributed by atoms with van der Waals surface area (Å²) in [5.41, 5.74) is -0.866. The third-order valence-electron chi connectivity index (χ3n) is 5.03. The van der Waals surface area contributed by atoms with E-state index < -0.39 is 21.4 Å². The molecule has 2 aliphatic heterocycles. The first-order valence-corrected chi connectivity index (χ1v) is 10.3. The number of imide groups is 1. The lowest BCUT2D eigenvalue weighted by Crippen LogP contribution is -2.55. The molecule has 2 fully saturated rings. The molecular weight excluding hydrogens is 346 g/mol. The first kappa shape index (κ1) is 19.5. The van der Waals surface area contributed by atoms with Crippen LogP contribution in [0.2, 0.25) is 0 Å². The number of amides is 3. The summed E-state index contributed by atoms with van der Waals surface area (Å²) in [5.74, 6) is 0.640. The van der Waals surface area contributed by atoms with E-state index in [4.69, 9.17) is 0 Å². The highest BCUT2D eigenvalue weighted by Gasteiger charge is 2.48. The molecule has 10 heteroatoms. The van der Waals surface area contributed by atoms with E-state index in [1.54, 1.807) is 20.9 Å².